The van der Waals surface area contributed by atoms with Gasteiger partial charge in [-0.2, -0.15) is 0 Å². The third-order valence-corrected chi connectivity index (χ3v) is 3.56. The highest BCUT2D eigenvalue weighted by Crippen LogP contribution is 2.18. The Morgan fingerprint density at radius 1 is 1.08 bits per heavy atom. The molecule has 0 saturated carbocycles. The molecule has 0 fully saturated rings. The molecule has 1 amide bonds. The lowest BCUT2D eigenvalue weighted by molar-refractivity contribution is -0.142. The number of hydrogen-bond donors (Lipinski definition) is 1. The van der Waals surface area contributed by atoms with Gasteiger partial charge in [-0.25, -0.2) is 4.79 Å². The Morgan fingerprint density at radius 2 is 1.80 bits per heavy atom. The van der Waals surface area contributed by atoms with Crippen molar-refractivity contribution in [3.05, 3.63) is 65.7 Å². The van der Waals surface area contributed by atoms with Gasteiger partial charge in [0, 0.05) is 17.3 Å². The molecule has 0 radical (unpaired) electrons. The van der Waals surface area contributed by atoms with Crippen LogP contribution in [-0.4, -0.2) is 25.6 Å². The van der Waals surface area contributed by atoms with E-state index in [-0.39, 0.29) is 12.5 Å². The van der Waals surface area contributed by atoms with Crippen molar-refractivity contribution in [1.29, 1.82) is 0 Å². The molecule has 0 heterocycles. The van der Waals surface area contributed by atoms with Crippen LogP contribution in [0.2, 0.25) is 0 Å². The molecule has 0 aromatic heterocycles. The zero-order valence-corrected chi connectivity index (χ0v) is 14.3. The van der Waals surface area contributed by atoms with E-state index in [2.05, 4.69) is 5.32 Å². The van der Waals surface area contributed by atoms with Crippen molar-refractivity contribution in [1.82, 2.24) is 0 Å². The highest BCUT2D eigenvalue weighted by Gasteiger charge is 2.08. The molecule has 2 rings (SSSR count). The standard InChI is InChI=1S/C20H21NO4/c1-3-15-8-4-6-10-17(15)21-19(22)14-25-20(23)13-12-16-9-5-7-11-18(16)24-2/h4-13H,3,14H2,1-2H3,(H,21,22)/b13-12+. The van der Waals surface area contributed by atoms with E-state index in [9.17, 15) is 9.59 Å². The molecule has 1 N–H and O–H groups in total. The third-order valence-electron chi connectivity index (χ3n) is 3.56. The van der Waals surface area contributed by atoms with E-state index in [4.69, 9.17) is 9.47 Å². The molecule has 0 unspecified atom stereocenters. The Balaban J connectivity index is 1.87. The first-order valence-electron chi connectivity index (χ1n) is 7.99. The van der Waals surface area contributed by atoms with Crippen LogP contribution in [0.5, 0.6) is 5.75 Å². The first-order valence-corrected chi connectivity index (χ1v) is 7.99. The molecule has 0 spiro atoms. The summed E-state index contributed by atoms with van der Waals surface area (Å²) in [5, 5.41) is 2.75. The van der Waals surface area contributed by atoms with Gasteiger partial charge < -0.3 is 14.8 Å². The first-order chi connectivity index (χ1) is 12.1. The van der Waals surface area contributed by atoms with Crippen molar-refractivity contribution < 1.29 is 19.1 Å². The number of nitrogens with one attached hydrogen (secondary N) is 1. The molecule has 130 valence electrons. The number of carbonyl (C=O) groups excluding carboxylic acids is 2. The minimum atomic E-state index is -0.593. The summed E-state index contributed by atoms with van der Waals surface area (Å²) in [5.74, 6) is -0.315. The topological polar surface area (TPSA) is 64.6 Å². The monoisotopic (exact) mass is 339 g/mol. The van der Waals surface area contributed by atoms with Crippen LogP contribution in [0.15, 0.2) is 54.6 Å². The molecule has 0 aliphatic carbocycles. The summed E-state index contributed by atoms with van der Waals surface area (Å²) in [6.07, 6.45) is 3.66. The second kappa shape index (κ2) is 9.27. The zero-order valence-electron chi connectivity index (χ0n) is 14.3. The van der Waals surface area contributed by atoms with Gasteiger partial charge in [-0.15, -0.1) is 0 Å². The minimum absolute atomic E-state index is 0.340. The smallest absolute Gasteiger partial charge is 0.331 e. The van der Waals surface area contributed by atoms with E-state index >= 15 is 0 Å². The highest BCUT2D eigenvalue weighted by atomic mass is 16.5. The van der Waals surface area contributed by atoms with E-state index in [1.807, 2.05) is 49.4 Å². The predicted molar refractivity (Wildman–Crippen MR) is 97.4 cm³/mol. The highest BCUT2D eigenvalue weighted by molar-refractivity contribution is 5.95. The quantitative estimate of drug-likeness (QED) is 0.620. The Labute approximate surface area is 147 Å². The van der Waals surface area contributed by atoms with Gasteiger partial charge in [0.2, 0.25) is 0 Å². The molecule has 2 aromatic rings. The number of aryl methyl sites for hydroxylation is 1. The molecule has 25 heavy (non-hydrogen) atoms. The predicted octanol–water partition coefficient (Wildman–Crippen LogP) is 3.45. The van der Waals surface area contributed by atoms with Gasteiger partial charge in [-0.1, -0.05) is 43.3 Å². The van der Waals surface area contributed by atoms with E-state index in [1.165, 1.54) is 6.08 Å². The maximum Gasteiger partial charge on any atom is 0.331 e. The van der Waals surface area contributed by atoms with E-state index in [1.54, 1.807) is 19.3 Å². The second-order valence-corrected chi connectivity index (χ2v) is 5.24. The maximum absolute atomic E-state index is 11.9. The molecular formula is C20H21NO4. The van der Waals surface area contributed by atoms with Gasteiger partial charge in [0.25, 0.3) is 5.91 Å². The summed E-state index contributed by atoms with van der Waals surface area (Å²) in [6.45, 7) is 1.67. The molecular weight excluding hydrogens is 318 g/mol. The Morgan fingerprint density at radius 3 is 2.56 bits per heavy atom. The summed E-state index contributed by atoms with van der Waals surface area (Å²) in [7, 11) is 1.56. The van der Waals surface area contributed by atoms with Crippen LogP contribution in [0, 0.1) is 0 Å². The van der Waals surface area contributed by atoms with Gasteiger partial charge in [0.05, 0.1) is 7.11 Å². The van der Waals surface area contributed by atoms with Gasteiger partial charge in [0.15, 0.2) is 6.61 Å². The average Bonchev–Trinajstić information content (AvgIpc) is 2.65. The largest absolute Gasteiger partial charge is 0.496 e. The lowest BCUT2D eigenvalue weighted by Crippen LogP contribution is -2.20. The van der Waals surface area contributed by atoms with Crippen LogP contribution >= 0.6 is 0 Å². The number of amides is 1. The average molecular weight is 339 g/mol. The second-order valence-electron chi connectivity index (χ2n) is 5.24. The van der Waals surface area contributed by atoms with Crippen LogP contribution < -0.4 is 10.1 Å². The molecule has 0 bridgehead atoms. The number of rotatable bonds is 7. The Bertz CT molecular complexity index is 768. The molecule has 0 saturated heterocycles. The normalized spacial score (nSPS) is 10.5. The van der Waals surface area contributed by atoms with Crippen molar-refractivity contribution >= 4 is 23.6 Å². The van der Waals surface area contributed by atoms with E-state index in [0.717, 1.165) is 23.2 Å². The molecule has 0 atom stereocenters. The number of carbonyl (C=O) groups is 2. The van der Waals surface area contributed by atoms with Crippen molar-refractivity contribution in [3.63, 3.8) is 0 Å². The van der Waals surface area contributed by atoms with E-state index in [0.29, 0.717) is 5.75 Å². The van der Waals surface area contributed by atoms with Gasteiger partial charge in [0.1, 0.15) is 5.75 Å². The number of methoxy groups -OCH3 is 1. The van der Waals surface area contributed by atoms with Crippen LogP contribution in [0.1, 0.15) is 18.1 Å². The summed E-state index contributed by atoms with van der Waals surface area (Å²) in [5.41, 5.74) is 2.51. The fourth-order valence-electron chi connectivity index (χ4n) is 2.28. The SMILES string of the molecule is CCc1ccccc1NC(=O)COC(=O)/C=C/c1ccccc1OC. The van der Waals surface area contributed by atoms with Crippen molar-refractivity contribution in [3.8, 4) is 5.75 Å². The van der Waals surface area contributed by atoms with Gasteiger partial charge >= 0.3 is 5.97 Å². The van der Waals surface area contributed by atoms with Gasteiger partial charge in [-0.3, -0.25) is 4.79 Å². The number of benzene rings is 2. The molecule has 0 aliphatic rings. The fraction of sp³-hybridized carbons (Fsp3) is 0.200. The van der Waals surface area contributed by atoms with Crippen molar-refractivity contribution in [2.45, 2.75) is 13.3 Å². The van der Waals surface area contributed by atoms with Crippen LogP contribution in [-0.2, 0) is 20.7 Å². The Kier molecular flexibility index (Phi) is 6.77. The summed E-state index contributed by atoms with van der Waals surface area (Å²) in [4.78, 5) is 23.7. The van der Waals surface area contributed by atoms with Crippen LogP contribution in [0.3, 0.4) is 0 Å². The molecule has 5 nitrogen and oxygen atoms in total. The number of anilines is 1. The number of hydrogen-bond acceptors (Lipinski definition) is 4. The molecule has 2 aromatic carbocycles. The minimum Gasteiger partial charge on any atom is -0.496 e. The molecule has 0 aliphatic heterocycles. The van der Waals surface area contributed by atoms with Crippen LogP contribution in [0.25, 0.3) is 6.08 Å². The lowest BCUT2D eigenvalue weighted by Gasteiger charge is -2.09. The van der Waals surface area contributed by atoms with Crippen molar-refractivity contribution in [2.24, 2.45) is 0 Å². The lowest BCUT2D eigenvalue weighted by atomic mass is 10.1. The Hall–Kier alpha value is -3.08. The van der Waals surface area contributed by atoms with Crippen molar-refractivity contribution in [2.75, 3.05) is 19.0 Å². The zero-order chi connectivity index (χ0) is 18.1. The number of para-hydroxylation sites is 2. The number of ether oxygens (including phenoxy) is 2. The third kappa shape index (κ3) is 5.49. The number of esters is 1. The van der Waals surface area contributed by atoms with Crippen LogP contribution in [0.4, 0.5) is 5.69 Å². The summed E-state index contributed by atoms with van der Waals surface area (Å²) >= 11 is 0. The fourth-order valence-corrected chi connectivity index (χ4v) is 2.28. The molecule has 5 heteroatoms. The van der Waals surface area contributed by atoms with Gasteiger partial charge in [-0.05, 0) is 30.2 Å². The van der Waals surface area contributed by atoms with E-state index < -0.39 is 5.97 Å². The maximum atomic E-state index is 11.9. The first kappa shape index (κ1) is 18.3. The summed E-state index contributed by atoms with van der Waals surface area (Å²) < 4.78 is 10.2. The summed E-state index contributed by atoms with van der Waals surface area (Å²) in [6, 6.07) is 14.8.